The van der Waals surface area contributed by atoms with Crippen molar-refractivity contribution in [2.45, 2.75) is 13.8 Å². The lowest BCUT2D eigenvalue weighted by Crippen LogP contribution is -1.90. The lowest BCUT2D eigenvalue weighted by atomic mass is 10.2. The van der Waals surface area contributed by atoms with E-state index < -0.39 is 0 Å². The lowest BCUT2D eigenvalue weighted by Gasteiger charge is -1.90. The van der Waals surface area contributed by atoms with Crippen LogP contribution in [-0.4, -0.2) is 22.7 Å². The lowest BCUT2D eigenvalue weighted by molar-refractivity contribution is 0.248. The van der Waals surface area contributed by atoms with E-state index in [1.165, 1.54) is 0 Å². The summed E-state index contributed by atoms with van der Waals surface area (Å²) in [5.74, 6) is 0.440. The Morgan fingerprint density at radius 2 is 1.67 bits per heavy atom. The predicted molar refractivity (Wildman–Crippen MR) is 27.7 cm³/mol. The third-order valence-corrected chi connectivity index (χ3v) is 0.365. The maximum absolute atomic E-state index is 8.14. The van der Waals surface area contributed by atoms with Gasteiger partial charge in [-0.15, -0.1) is 0 Å². The molecule has 0 amide bonds. The van der Waals surface area contributed by atoms with Gasteiger partial charge in [-0.3, -0.25) is 0 Å². The summed E-state index contributed by atoms with van der Waals surface area (Å²) >= 11 is 0. The molecule has 0 atom stereocenters. The van der Waals surface area contributed by atoms with Crippen molar-refractivity contribution in [3.8, 4) is 0 Å². The van der Waals surface area contributed by atoms with Crippen molar-refractivity contribution in [1.82, 2.24) is 0 Å². The fourth-order valence-electron chi connectivity index (χ4n) is 0. The Morgan fingerprint density at radius 1 is 1.50 bits per heavy atom. The van der Waals surface area contributed by atoms with Crippen LogP contribution in [0.3, 0.4) is 0 Å². The molecule has 0 rings (SSSR count). The zero-order valence-corrected chi connectivity index (χ0v) is 5.23. The highest BCUT2D eigenvalue weighted by atomic mass is 28.1. The van der Waals surface area contributed by atoms with Crippen molar-refractivity contribution < 1.29 is 5.11 Å². The Balaban J connectivity index is 0. The molecule has 0 heterocycles. The van der Waals surface area contributed by atoms with E-state index in [-0.39, 0.29) is 11.0 Å². The average Bonchev–Trinajstić information content (AvgIpc) is 1.38. The summed E-state index contributed by atoms with van der Waals surface area (Å²) in [7, 11) is 0. The van der Waals surface area contributed by atoms with E-state index in [9.17, 15) is 0 Å². The Kier molecular flexibility index (Phi) is 8.19. The van der Waals surface area contributed by atoms with Crippen molar-refractivity contribution in [3.05, 3.63) is 0 Å². The molecule has 0 aliphatic heterocycles. The summed E-state index contributed by atoms with van der Waals surface area (Å²) in [5.41, 5.74) is 0. The van der Waals surface area contributed by atoms with E-state index in [4.69, 9.17) is 5.11 Å². The van der Waals surface area contributed by atoms with Crippen LogP contribution in [0.15, 0.2) is 0 Å². The second kappa shape index (κ2) is 5.18. The molecular formula is C4H10OSi. The maximum atomic E-state index is 8.14. The molecule has 4 radical (unpaired) electrons. The van der Waals surface area contributed by atoms with Crippen LogP contribution in [0.25, 0.3) is 0 Å². The van der Waals surface area contributed by atoms with Gasteiger partial charge in [0.05, 0.1) is 0 Å². The smallest absolute Gasteiger partial charge is 0.0453 e. The molecular weight excluding hydrogens is 92.1 g/mol. The molecule has 0 fully saturated rings. The zero-order chi connectivity index (χ0) is 4.28. The summed E-state index contributed by atoms with van der Waals surface area (Å²) in [6, 6.07) is 0. The van der Waals surface area contributed by atoms with Crippen LogP contribution in [-0.2, 0) is 0 Å². The fraction of sp³-hybridized carbons (Fsp3) is 1.00. The molecule has 0 aromatic carbocycles. The van der Waals surface area contributed by atoms with Crippen molar-refractivity contribution in [2.75, 3.05) is 6.61 Å². The van der Waals surface area contributed by atoms with Gasteiger partial charge in [0.2, 0.25) is 0 Å². The van der Waals surface area contributed by atoms with Crippen LogP contribution in [0, 0.1) is 5.92 Å². The standard InChI is InChI=1S/C4H10O.Si/c1-4(2)3-5;/h4-5H,3H2,1-2H3;. The van der Waals surface area contributed by atoms with E-state index in [2.05, 4.69) is 0 Å². The largest absolute Gasteiger partial charge is 0.396 e. The summed E-state index contributed by atoms with van der Waals surface area (Å²) in [6.45, 7) is 4.25. The number of aliphatic hydroxyl groups excluding tert-OH is 1. The molecule has 1 nitrogen and oxygen atoms in total. The highest BCUT2D eigenvalue weighted by Gasteiger charge is 1.81. The molecule has 0 aliphatic rings. The minimum atomic E-state index is 0. The van der Waals surface area contributed by atoms with Crippen molar-refractivity contribution in [1.29, 1.82) is 0 Å². The summed E-state index contributed by atoms with van der Waals surface area (Å²) in [5, 5.41) is 8.14. The van der Waals surface area contributed by atoms with Crippen LogP contribution in [0.4, 0.5) is 0 Å². The minimum Gasteiger partial charge on any atom is -0.396 e. The van der Waals surface area contributed by atoms with Gasteiger partial charge in [0, 0.05) is 17.6 Å². The topological polar surface area (TPSA) is 20.2 Å². The first-order valence-corrected chi connectivity index (χ1v) is 1.88. The van der Waals surface area contributed by atoms with E-state index in [1.54, 1.807) is 0 Å². The van der Waals surface area contributed by atoms with Gasteiger partial charge in [-0.05, 0) is 5.92 Å². The van der Waals surface area contributed by atoms with Crippen LogP contribution in [0.2, 0.25) is 0 Å². The quantitative estimate of drug-likeness (QED) is 0.471. The zero-order valence-electron chi connectivity index (χ0n) is 4.23. The van der Waals surface area contributed by atoms with Crippen LogP contribution >= 0.6 is 0 Å². The van der Waals surface area contributed by atoms with Crippen LogP contribution in [0.5, 0.6) is 0 Å². The van der Waals surface area contributed by atoms with Gasteiger partial charge >= 0.3 is 0 Å². The molecule has 0 aliphatic carbocycles. The van der Waals surface area contributed by atoms with E-state index >= 15 is 0 Å². The number of hydrogen-bond acceptors (Lipinski definition) is 1. The molecule has 0 spiro atoms. The van der Waals surface area contributed by atoms with Gasteiger partial charge in [0.1, 0.15) is 0 Å². The van der Waals surface area contributed by atoms with Gasteiger partial charge < -0.3 is 5.11 Å². The SMILES string of the molecule is CC(C)CO.[Si]. The predicted octanol–water partition coefficient (Wildman–Crippen LogP) is 0.254. The molecule has 1 N–H and O–H groups in total. The molecule has 6 heavy (non-hydrogen) atoms. The second-order valence-electron chi connectivity index (χ2n) is 1.58. The molecule has 0 aromatic heterocycles. The Bertz CT molecular complexity index is 21.5. The molecule has 2 heteroatoms. The van der Waals surface area contributed by atoms with Crippen LogP contribution in [0.1, 0.15) is 13.8 Å². The van der Waals surface area contributed by atoms with Crippen molar-refractivity contribution in [2.24, 2.45) is 5.92 Å². The number of aliphatic hydroxyl groups is 1. The highest BCUT2D eigenvalue weighted by Crippen LogP contribution is 1.83. The third-order valence-electron chi connectivity index (χ3n) is 0.365. The van der Waals surface area contributed by atoms with Gasteiger partial charge in [-0.25, -0.2) is 0 Å². The first kappa shape index (κ1) is 9.49. The molecule has 0 saturated heterocycles. The maximum Gasteiger partial charge on any atom is 0.0453 e. The average molecular weight is 102 g/mol. The fourth-order valence-corrected chi connectivity index (χ4v) is 0. The minimum absolute atomic E-state index is 0. The summed E-state index contributed by atoms with van der Waals surface area (Å²) in [4.78, 5) is 0. The molecule has 36 valence electrons. The summed E-state index contributed by atoms with van der Waals surface area (Å²) in [6.07, 6.45) is 0. The second-order valence-corrected chi connectivity index (χ2v) is 1.58. The first-order chi connectivity index (χ1) is 2.27. The Hall–Kier alpha value is 0.177. The van der Waals surface area contributed by atoms with Crippen molar-refractivity contribution in [3.63, 3.8) is 0 Å². The monoisotopic (exact) mass is 102 g/mol. The van der Waals surface area contributed by atoms with E-state index in [1.807, 2.05) is 13.8 Å². The molecule has 0 saturated carbocycles. The Labute approximate surface area is 43.4 Å². The molecule has 0 bridgehead atoms. The van der Waals surface area contributed by atoms with Gasteiger partial charge in [-0.1, -0.05) is 13.8 Å². The first-order valence-electron chi connectivity index (χ1n) is 1.88. The van der Waals surface area contributed by atoms with E-state index in [0.717, 1.165) is 0 Å². The van der Waals surface area contributed by atoms with Gasteiger partial charge in [0.25, 0.3) is 0 Å². The third kappa shape index (κ3) is 8.90. The number of hydrogen-bond donors (Lipinski definition) is 1. The van der Waals surface area contributed by atoms with E-state index in [0.29, 0.717) is 12.5 Å². The number of rotatable bonds is 1. The Morgan fingerprint density at radius 3 is 1.67 bits per heavy atom. The van der Waals surface area contributed by atoms with Gasteiger partial charge in [-0.2, -0.15) is 0 Å². The van der Waals surface area contributed by atoms with Crippen molar-refractivity contribution >= 4 is 11.0 Å². The normalized spacial score (nSPS) is 8.00. The molecule has 0 aromatic rings. The highest BCUT2D eigenvalue weighted by molar-refractivity contribution is 5.75. The van der Waals surface area contributed by atoms with Crippen LogP contribution < -0.4 is 0 Å². The van der Waals surface area contributed by atoms with Gasteiger partial charge in [0.15, 0.2) is 0 Å². The summed E-state index contributed by atoms with van der Waals surface area (Å²) < 4.78 is 0. The molecule has 0 unspecified atom stereocenters.